The number of ether oxygens (including phenoxy) is 2. The number of rotatable bonds is 3. The lowest BCUT2D eigenvalue weighted by atomic mass is 9.90. The van der Waals surface area contributed by atoms with E-state index >= 15 is 0 Å². The zero-order chi connectivity index (χ0) is 14.8. The van der Waals surface area contributed by atoms with Crippen LogP contribution in [0, 0.1) is 5.92 Å². The Hall–Kier alpha value is -0.780. The number of benzene rings is 1. The molecule has 1 fully saturated rings. The number of fused-ring (bicyclic) bond motifs is 1. The van der Waals surface area contributed by atoms with Gasteiger partial charge in [-0.1, -0.05) is 29.3 Å². The maximum atomic E-state index is 6.19. The van der Waals surface area contributed by atoms with Crippen molar-refractivity contribution in [1.29, 1.82) is 0 Å². The summed E-state index contributed by atoms with van der Waals surface area (Å²) in [6, 6.07) is 4.49. The summed E-state index contributed by atoms with van der Waals surface area (Å²) in [5.41, 5.74) is 7.45. The number of nitrogens with zero attached hydrogens (tertiary/aromatic N) is 1. The fourth-order valence-corrected chi connectivity index (χ4v) is 3.62. The number of likely N-dealkylation sites (tertiary alicyclic amines) is 1. The largest absolute Gasteiger partial charge is 0.486 e. The first-order valence-corrected chi connectivity index (χ1v) is 8.52. The summed E-state index contributed by atoms with van der Waals surface area (Å²) in [7, 11) is 0. The molecule has 0 spiro atoms. The fourth-order valence-electron chi connectivity index (χ4n) is 3.17. The van der Waals surface area contributed by atoms with Crippen LogP contribution in [0.3, 0.4) is 0 Å². The van der Waals surface area contributed by atoms with Gasteiger partial charge in [0.05, 0.1) is 0 Å². The predicted molar refractivity (Wildman–Crippen MR) is 86.8 cm³/mol. The maximum Gasteiger partial charge on any atom is 0.162 e. The molecule has 1 aromatic rings. The summed E-state index contributed by atoms with van der Waals surface area (Å²) in [5, 5.41) is 0. The Balaban J connectivity index is 1.72. The molecule has 2 N–H and O–H groups in total. The molecule has 0 amide bonds. The summed E-state index contributed by atoms with van der Waals surface area (Å²) in [5.74, 6) is 2.30. The smallest absolute Gasteiger partial charge is 0.162 e. The number of piperidine rings is 1. The van der Waals surface area contributed by atoms with Gasteiger partial charge in [0.15, 0.2) is 11.5 Å². The lowest BCUT2D eigenvalue weighted by molar-refractivity contribution is 0.144. The highest BCUT2D eigenvalue weighted by atomic mass is 79.9. The second kappa shape index (κ2) is 6.55. The Bertz CT molecular complexity index is 509. The van der Waals surface area contributed by atoms with Crippen LogP contribution in [0.25, 0.3) is 0 Å². The normalized spacial score (nSPS) is 25.9. The van der Waals surface area contributed by atoms with Gasteiger partial charge in [-0.05, 0) is 36.6 Å². The van der Waals surface area contributed by atoms with Gasteiger partial charge in [0.2, 0.25) is 0 Å². The highest BCUT2D eigenvalue weighted by Gasteiger charge is 2.26. The van der Waals surface area contributed by atoms with Crippen LogP contribution in [0.5, 0.6) is 11.5 Å². The molecule has 5 heteroatoms. The zero-order valence-corrected chi connectivity index (χ0v) is 14.1. The van der Waals surface area contributed by atoms with Gasteiger partial charge in [-0.25, -0.2) is 0 Å². The lowest BCUT2D eigenvalue weighted by Crippen LogP contribution is -2.46. The standard InChI is InChI=1S/C16H23BrN2O2/c1-2-11-9-19(4-3-14(11)18)10-12-7-15-16(8-13(12)17)21-6-5-20-15/h7-8,11,14H,2-6,9-10,18H2,1H3. The summed E-state index contributed by atoms with van der Waals surface area (Å²) in [6.07, 6.45) is 2.24. The fraction of sp³-hybridized carbons (Fsp3) is 0.625. The highest BCUT2D eigenvalue weighted by molar-refractivity contribution is 9.10. The van der Waals surface area contributed by atoms with Crippen molar-refractivity contribution in [2.45, 2.75) is 32.4 Å². The van der Waals surface area contributed by atoms with Crippen molar-refractivity contribution in [3.63, 3.8) is 0 Å². The third kappa shape index (κ3) is 3.35. The van der Waals surface area contributed by atoms with Gasteiger partial charge in [-0.2, -0.15) is 0 Å². The van der Waals surface area contributed by atoms with Crippen molar-refractivity contribution in [2.24, 2.45) is 11.7 Å². The monoisotopic (exact) mass is 354 g/mol. The van der Waals surface area contributed by atoms with Crippen LogP contribution in [0.4, 0.5) is 0 Å². The highest BCUT2D eigenvalue weighted by Crippen LogP contribution is 2.36. The molecular weight excluding hydrogens is 332 g/mol. The molecule has 116 valence electrons. The first-order chi connectivity index (χ1) is 10.2. The molecule has 0 aliphatic carbocycles. The second-order valence-electron chi connectivity index (χ2n) is 5.94. The molecule has 0 aromatic heterocycles. The molecule has 2 aliphatic rings. The van der Waals surface area contributed by atoms with Crippen LogP contribution >= 0.6 is 15.9 Å². The SMILES string of the molecule is CCC1CN(Cc2cc3c(cc2Br)OCCO3)CCC1N. The molecule has 1 saturated heterocycles. The van der Waals surface area contributed by atoms with Crippen LogP contribution in [0.1, 0.15) is 25.3 Å². The van der Waals surface area contributed by atoms with Crippen LogP contribution in [0.15, 0.2) is 16.6 Å². The van der Waals surface area contributed by atoms with Crippen LogP contribution in [-0.4, -0.2) is 37.2 Å². The maximum absolute atomic E-state index is 6.19. The van der Waals surface area contributed by atoms with E-state index in [1.807, 2.05) is 6.07 Å². The molecule has 3 rings (SSSR count). The molecule has 4 nitrogen and oxygen atoms in total. The molecule has 1 aromatic carbocycles. The Kier molecular flexibility index (Phi) is 4.72. The van der Waals surface area contributed by atoms with E-state index in [9.17, 15) is 0 Å². The Morgan fingerprint density at radius 2 is 2.00 bits per heavy atom. The number of hydrogen-bond acceptors (Lipinski definition) is 4. The van der Waals surface area contributed by atoms with E-state index in [2.05, 4.69) is 33.8 Å². The topological polar surface area (TPSA) is 47.7 Å². The number of nitrogens with two attached hydrogens (primary N) is 1. The molecule has 0 saturated carbocycles. The average molecular weight is 355 g/mol. The van der Waals surface area contributed by atoms with Gasteiger partial charge in [-0.15, -0.1) is 0 Å². The quantitative estimate of drug-likeness (QED) is 0.906. The van der Waals surface area contributed by atoms with E-state index < -0.39 is 0 Å². The van der Waals surface area contributed by atoms with Crippen molar-refractivity contribution in [1.82, 2.24) is 4.90 Å². The van der Waals surface area contributed by atoms with E-state index in [4.69, 9.17) is 15.2 Å². The minimum atomic E-state index is 0.356. The van der Waals surface area contributed by atoms with E-state index in [0.717, 1.165) is 48.4 Å². The summed E-state index contributed by atoms with van der Waals surface area (Å²) in [4.78, 5) is 2.49. The van der Waals surface area contributed by atoms with Crippen molar-refractivity contribution < 1.29 is 9.47 Å². The van der Waals surface area contributed by atoms with E-state index in [0.29, 0.717) is 25.2 Å². The molecule has 0 bridgehead atoms. The van der Waals surface area contributed by atoms with Gasteiger partial charge in [0.25, 0.3) is 0 Å². The lowest BCUT2D eigenvalue weighted by Gasteiger charge is -2.36. The van der Waals surface area contributed by atoms with Crippen molar-refractivity contribution in [3.8, 4) is 11.5 Å². The molecule has 2 atom stereocenters. The van der Waals surface area contributed by atoms with Crippen molar-refractivity contribution in [3.05, 3.63) is 22.2 Å². The minimum absolute atomic E-state index is 0.356. The van der Waals surface area contributed by atoms with Gasteiger partial charge >= 0.3 is 0 Å². The van der Waals surface area contributed by atoms with Gasteiger partial charge in [0, 0.05) is 23.6 Å². The zero-order valence-electron chi connectivity index (χ0n) is 12.5. The summed E-state index contributed by atoms with van der Waals surface area (Å²) < 4.78 is 12.4. The van der Waals surface area contributed by atoms with Crippen molar-refractivity contribution in [2.75, 3.05) is 26.3 Å². The second-order valence-corrected chi connectivity index (χ2v) is 6.80. The molecular formula is C16H23BrN2O2. The molecule has 2 unspecified atom stereocenters. The number of halogens is 1. The first-order valence-electron chi connectivity index (χ1n) is 7.73. The first kappa shape index (κ1) is 15.1. The van der Waals surface area contributed by atoms with Crippen molar-refractivity contribution >= 4 is 15.9 Å². The average Bonchev–Trinajstić information content (AvgIpc) is 2.50. The van der Waals surface area contributed by atoms with E-state index in [1.165, 1.54) is 5.56 Å². The van der Waals surface area contributed by atoms with E-state index in [1.54, 1.807) is 0 Å². The van der Waals surface area contributed by atoms with Gasteiger partial charge in [0.1, 0.15) is 13.2 Å². The molecule has 2 heterocycles. The molecule has 2 aliphatic heterocycles. The summed E-state index contributed by atoms with van der Waals surface area (Å²) >= 11 is 3.66. The Morgan fingerprint density at radius 3 is 2.71 bits per heavy atom. The van der Waals surface area contributed by atoms with Crippen LogP contribution in [0.2, 0.25) is 0 Å². The minimum Gasteiger partial charge on any atom is -0.486 e. The van der Waals surface area contributed by atoms with Gasteiger partial charge in [-0.3, -0.25) is 4.90 Å². The summed E-state index contributed by atoms with van der Waals surface area (Å²) in [6.45, 7) is 6.57. The third-order valence-corrected chi connectivity index (χ3v) is 5.24. The molecule has 0 radical (unpaired) electrons. The van der Waals surface area contributed by atoms with E-state index in [-0.39, 0.29) is 0 Å². The van der Waals surface area contributed by atoms with Crippen LogP contribution in [-0.2, 0) is 6.54 Å². The molecule has 21 heavy (non-hydrogen) atoms. The Morgan fingerprint density at radius 1 is 1.29 bits per heavy atom. The predicted octanol–water partition coefficient (Wildman–Crippen LogP) is 2.78. The third-order valence-electron chi connectivity index (χ3n) is 4.51. The van der Waals surface area contributed by atoms with Crippen LogP contribution < -0.4 is 15.2 Å². The Labute approximate surface area is 134 Å². The number of hydrogen-bond donors (Lipinski definition) is 1. The van der Waals surface area contributed by atoms with Gasteiger partial charge < -0.3 is 15.2 Å².